The molecule has 86 valence electrons. The molecule has 0 aliphatic heterocycles. The van der Waals surface area contributed by atoms with Crippen molar-refractivity contribution in [3.05, 3.63) is 29.6 Å². The first-order chi connectivity index (χ1) is 7.42. The Morgan fingerprint density at radius 2 is 2.19 bits per heavy atom. The summed E-state index contributed by atoms with van der Waals surface area (Å²) in [5.74, 6) is -0.595. The molecular weight excluding hydrogens is 231 g/mol. The number of nitrogens with zero attached hydrogens (tertiary/aromatic N) is 1. The van der Waals surface area contributed by atoms with Crippen LogP contribution in [0.25, 0.3) is 0 Å². The molecule has 0 saturated heterocycles. The van der Waals surface area contributed by atoms with Crippen molar-refractivity contribution in [2.45, 2.75) is 0 Å². The Morgan fingerprint density at radius 1 is 1.50 bits per heavy atom. The fourth-order valence-corrected chi connectivity index (χ4v) is 1.57. The van der Waals surface area contributed by atoms with Crippen LogP contribution in [0.5, 0.6) is 0 Å². The van der Waals surface area contributed by atoms with Gasteiger partial charge in [0.25, 0.3) is 0 Å². The number of hydrogen-bond donors (Lipinski definition) is 1. The summed E-state index contributed by atoms with van der Waals surface area (Å²) in [6.45, 7) is 0.231. The molecule has 4 nitrogen and oxygen atoms in total. The molecule has 0 radical (unpaired) electrons. The average molecular weight is 242 g/mol. The SMILES string of the molecule is CS(=O)(=O)CCNc1ccc(F)c(C#N)c1. The van der Waals surface area contributed by atoms with E-state index in [1.807, 2.05) is 0 Å². The maximum absolute atomic E-state index is 12.9. The second-order valence-corrected chi connectivity index (χ2v) is 5.62. The normalized spacial score (nSPS) is 10.8. The van der Waals surface area contributed by atoms with Gasteiger partial charge in [0.05, 0.1) is 11.3 Å². The van der Waals surface area contributed by atoms with E-state index < -0.39 is 15.7 Å². The lowest BCUT2D eigenvalue weighted by atomic mass is 10.2. The van der Waals surface area contributed by atoms with Gasteiger partial charge in [-0.2, -0.15) is 5.26 Å². The van der Waals surface area contributed by atoms with E-state index in [1.165, 1.54) is 18.2 Å². The molecule has 0 spiro atoms. The Bertz CT molecular complexity index is 520. The van der Waals surface area contributed by atoms with Crippen LogP contribution in [0.15, 0.2) is 18.2 Å². The van der Waals surface area contributed by atoms with Gasteiger partial charge in [0, 0.05) is 18.5 Å². The lowest BCUT2D eigenvalue weighted by Crippen LogP contribution is -2.14. The standard InChI is InChI=1S/C10H11FN2O2S/c1-16(14,15)5-4-13-9-2-3-10(11)8(6-9)7-12/h2-3,6,13H,4-5H2,1H3. The Kier molecular flexibility index (Phi) is 3.85. The van der Waals surface area contributed by atoms with Crippen LogP contribution in [0, 0.1) is 17.1 Å². The number of anilines is 1. The van der Waals surface area contributed by atoms with Crippen LogP contribution >= 0.6 is 0 Å². The lowest BCUT2D eigenvalue weighted by Gasteiger charge is -2.05. The Labute approximate surface area is 93.6 Å². The first-order valence-electron chi connectivity index (χ1n) is 4.53. The van der Waals surface area contributed by atoms with Crippen molar-refractivity contribution >= 4 is 15.5 Å². The zero-order valence-corrected chi connectivity index (χ0v) is 9.51. The highest BCUT2D eigenvalue weighted by Crippen LogP contribution is 2.13. The van der Waals surface area contributed by atoms with Gasteiger partial charge in [0.2, 0.25) is 0 Å². The highest BCUT2D eigenvalue weighted by molar-refractivity contribution is 7.90. The maximum atomic E-state index is 12.9. The Morgan fingerprint density at radius 3 is 2.75 bits per heavy atom. The zero-order chi connectivity index (χ0) is 12.2. The summed E-state index contributed by atoms with van der Waals surface area (Å²) >= 11 is 0. The van der Waals surface area contributed by atoms with Gasteiger partial charge in [-0.1, -0.05) is 0 Å². The van der Waals surface area contributed by atoms with E-state index in [4.69, 9.17) is 5.26 Å². The van der Waals surface area contributed by atoms with Gasteiger partial charge >= 0.3 is 0 Å². The highest BCUT2D eigenvalue weighted by Gasteiger charge is 2.04. The number of rotatable bonds is 4. The van der Waals surface area contributed by atoms with Gasteiger partial charge in [-0.3, -0.25) is 0 Å². The van der Waals surface area contributed by atoms with Crippen LogP contribution in [0.2, 0.25) is 0 Å². The van der Waals surface area contributed by atoms with E-state index >= 15 is 0 Å². The van der Waals surface area contributed by atoms with E-state index in [0.717, 1.165) is 6.26 Å². The van der Waals surface area contributed by atoms with Crippen molar-refractivity contribution in [2.75, 3.05) is 23.9 Å². The number of benzene rings is 1. The van der Waals surface area contributed by atoms with Gasteiger partial charge in [0.1, 0.15) is 21.7 Å². The summed E-state index contributed by atoms with van der Waals surface area (Å²) in [6, 6.07) is 5.68. The van der Waals surface area contributed by atoms with Crippen molar-refractivity contribution in [3.63, 3.8) is 0 Å². The van der Waals surface area contributed by atoms with Crippen molar-refractivity contribution in [2.24, 2.45) is 0 Å². The van der Waals surface area contributed by atoms with Gasteiger partial charge in [-0.25, -0.2) is 12.8 Å². The van der Waals surface area contributed by atoms with E-state index in [9.17, 15) is 12.8 Å². The predicted molar refractivity (Wildman–Crippen MR) is 59.3 cm³/mol. The van der Waals surface area contributed by atoms with E-state index in [1.54, 1.807) is 6.07 Å². The summed E-state index contributed by atoms with van der Waals surface area (Å²) in [6.07, 6.45) is 1.14. The van der Waals surface area contributed by atoms with Gasteiger partial charge in [-0.15, -0.1) is 0 Å². The van der Waals surface area contributed by atoms with Crippen LogP contribution < -0.4 is 5.32 Å². The predicted octanol–water partition coefficient (Wildman–Crippen LogP) is 1.15. The summed E-state index contributed by atoms with van der Waals surface area (Å²) in [4.78, 5) is 0. The van der Waals surface area contributed by atoms with E-state index in [0.29, 0.717) is 5.69 Å². The molecule has 0 amide bonds. The largest absolute Gasteiger partial charge is 0.384 e. The van der Waals surface area contributed by atoms with Gasteiger partial charge in [-0.05, 0) is 18.2 Å². The molecule has 0 atom stereocenters. The first kappa shape index (κ1) is 12.5. The minimum absolute atomic E-state index is 0.00768. The third-order valence-corrected chi connectivity index (χ3v) is 2.83. The monoisotopic (exact) mass is 242 g/mol. The molecule has 0 bridgehead atoms. The van der Waals surface area contributed by atoms with E-state index in [2.05, 4.69) is 5.32 Å². The number of nitriles is 1. The van der Waals surface area contributed by atoms with Gasteiger partial charge < -0.3 is 5.32 Å². The zero-order valence-electron chi connectivity index (χ0n) is 8.70. The molecule has 0 saturated carbocycles. The van der Waals surface area contributed by atoms with Gasteiger partial charge in [0.15, 0.2) is 0 Å². The molecule has 0 heterocycles. The summed E-state index contributed by atoms with van der Waals surface area (Å²) in [5.41, 5.74) is 0.464. The van der Waals surface area contributed by atoms with Crippen LogP contribution in [-0.2, 0) is 9.84 Å². The number of nitrogens with one attached hydrogen (secondary N) is 1. The maximum Gasteiger partial charge on any atom is 0.149 e. The molecule has 0 aromatic heterocycles. The van der Waals surface area contributed by atoms with Crippen LogP contribution in [-0.4, -0.2) is 27.0 Å². The van der Waals surface area contributed by atoms with Crippen molar-refractivity contribution in [3.8, 4) is 6.07 Å². The molecule has 1 aromatic carbocycles. The summed E-state index contributed by atoms with van der Waals surface area (Å²) < 4.78 is 34.6. The van der Waals surface area contributed by atoms with Crippen molar-refractivity contribution < 1.29 is 12.8 Å². The summed E-state index contributed by atoms with van der Waals surface area (Å²) in [5, 5.41) is 11.4. The van der Waals surface area contributed by atoms with E-state index in [-0.39, 0.29) is 17.9 Å². The van der Waals surface area contributed by atoms with Crippen LogP contribution in [0.1, 0.15) is 5.56 Å². The molecule has 6 heteroatoms. The minimum Gasteiger partial charge on any atom is -0.384 e. The highest BCUT2D eigenvalue weighted by atomic mass is 32.2. The molecular formula is C10H11FN2O2S. The Hall–Kier alpha value is -1.61. The first-order valence-corrected chi connectivity index (χ1v) is 6.59. The molecule has 0 fully saturated rings. The fraction of sp³-hybridized carbons (Fsp3) is 0.300. The quantitative estimate of drug-likeness (QED) is 0.860. The molecule has 1 aromatic rings. The lowest BCUT2D eigenvalue weighted by molar-refractivity contribution is 0.602. The molecule has 1 rings (SSSR count). The number of halogens is 1. The van der Waals surface area contributed by atoms with Crippen LogP contribution in [0.3, 0.4) is 0 Å². The fourth-order valence-electron chi connectivity index (χ4n) is 1.10. The molecule has 0 aliphatic rings. The molecule has 16 heavy (non-hydrogen) atoms. The molecule has 0 unspecified atom stereocenters. The molecule has 1 N–H and O–H groups in total. The third-order valence-electron chi connectivity index (χ3n) is 1.89. The number of sulfone groups is 1. The van der Waals surface area contributed by atoms with Crippen LogP contribution in [0.4, 0.5) is 10.1 Å². The third kappa shape index (κ3) is 3.87. The smallest absolute Gasteiger partial charge is 0.149 e. The van der Waals surface area contributed by atoms with Crippen molar-refractivity contribution in [1.82, 2.24) is 0 Å². The second kappa shape index (κ2) is 4.94. The Balaban J connectivity index is 2.66. The minimum atomic E-state index is -3.02. The number of hydrogen-bond acceptors (Lipinski definition) is 4. The summed E-state index contributed by atoms with van der Waals surface area (Å²) in [7, 11) is -3.02. The average Bonchev–Trinajstić information content (AvgIpc) is 2.18. The van der Waals surface area contributed by atoms with Crippen molar-refractivity contribution in [1.29, 1.82) is 5.26 Å². The second-order valence-electron chi connectivity index (χ2n) is 3.36. The topological polar surface area (TPSA) is 70.0 Å². The molecule has 0 aliphatic carbocycles.